The highest BCUT2D eigenvalue weighted by Crippen LogP contribution is 2.35. The zero-order valence-electron chi connectivity index (χ0n) is 15.0. The molecule has 3 heterocycles. The Morgan fingerprint density at radius 3 is 2.86 bits per heavy atom. The molecule has 2 aromatic heterocycles. The summed E-state index contributed by atoms with van der Waals surface area (Å²) < 4.78 is 12.3. The monoisotopic (exact) mass is 393 g/mol. The number of halogens is 1. The summed E-state index contributed by atoms with van der Waals surface area (Å²) in [7, 11) is 0. The Morgan fingerprint density at radius 2 is 2.00 bits per heavy atom. The Bertz CT molecular complexity index is 1280. The lowest BCUT2D eigenvalue weighted by Crippen LogP contribution is -2.14. The minimum absolute atomic E-state index is 0.168. The Balaban J connectivity index is 1.64. The van der Waals surface area contributed by atoms with Gasteiger partial charge in [-0.25, -0.2) is 9.50 Å². The van der Waals surface area contributed by atoms with Crippen molar-refractivity contribution in [1.29, 1.82) is 0 Å². The summed E-state index contributed by atoms with van der Waals surface area (Å²) in [5.41, 5.74) is 4.75. The molecule has 0 unspecified atom stereocenters. The smallest absolute Gasteiger partial charge is 0.273 e. The van der Waals surface area contributed by atoms with Crippen LogP contribution in [0.5, 0.6) is 11.5 Å². The van der Waals surface area contributed by atoms with Crippen molar-refractivity contribution in [2.24, 2.45) is 0 Å². The fourth-order valence-corrected chi connectivity index (χ4v) is 3.67. The number of benzene rings is 2. The number of hydrogen-bond donors (Lipinski definition) is 1. The molecule has 0 amide bonds. The molecule has 4 aromatic rings. The summed E-state index contributed by atoms with van der Waals surface area (Å²) in [6.07, 6.45) is 0.621. The largest absolute Gasteiger partial charge is 0.454 e. The number of fused-ring (bicyclic) bond motifs is 2. The highest BCUT2D eigenvalue weighted by Gasteiger charge is 2.17. The van der Waals surface area contributed by atoms with E-state index in [-0.39, 0.29) is 12.4 Å². The second kappa shape index (κ2) is 6.42. The molecule has 0 aliphatic carbocycles. The zero-order valence-corrected chi connectivity index (χ0v) is 15.8. The number of nitrogens with zero attached hydrogens (tertiary/aromatic N) is 2. The lowest BCUT2D eigenvalue weighted by Gasteiger charge is -2.05. The van der Waals surface area contributed by atoms with E-state index in [1.165, 1.54) is 10.6 Å². The Morgan fingerprint density at radius 1 is 1.14 bits per heavy atom. The lowest BCUT2D eigenvalue weighted by molar-refractivity contribution is 0.174. The normalized spacial score (nSPS) is 12.6. The van der Waals surface area contributed by atoms with Gasteiger partial charge in [0.1, 0.15) is 0 Å². The molecule has 5 rings (SSSR count). The van der Waals surface area contributed by atoms with Crippen molar-refractivity contribution in [1.82, 2.24) is 14.6 Å². The van der Waals surface area contributed by atoms with E-state index in [1.807, 2.05) is 49.4 Å². The van der Waals surface area contributed by atoms with Gasteiger partial charge in [-0.15, -0.1) is 0 Å². The average Bonchev–Trinajstić information content (AvgIpc) is 3.27. The summed E-state index contributed by atoms with van der Waals surface area (Å²) in [6.45, 7) is 2.14. The highest BCUT2D eigenvalue weighted by molar-refractivity contribution is 6.30. The first-order valence-corrected chi connectivity index (χ1v) is 9.22. The second-order valence-electron chi connectivity index (χ2n) is 6.73. The van der Waals surface area contributed by atoms with E-state index in [4.69, 9.17) is 26.1 Å². The molecule has 0 saturated carbocycles. The molecule has 7 heteroatoms. The maximum Gasteiger partial charge on any atom is 0.273 e. The van der Waals surface area contributed by atoms with E-state index < -0.39 is 0 Å². The van der Waals surface area contributed by atoms with Crippen molar-refractivity contribution in [2.45, 2.75) is 13.3 Å². The van der Waals surface area contributed by atoms with Crippen LogP contribution in [0.3, 0.4) is 0 Å². The van der Waals surface area contributed by atoms with Gasteiger partial charge >= 0.3 is 0 Å². The molecule has 1 aliphatic rings. The molecule has 0 saturated heterocycles. The van der Waals surface area contributed by atoms with Crippen LogP contribution >= 0.6 is 11.6 Å². The molecule has 0 atom stereocenters. The van der Waals surface area contributed by atoms with Crippen LogP contribution in [0.1, 0.15) is 16.8 Å². The first-order valence-electron chi connectivity index (χ1n) is 8.84. The maximum atomic E-state index is 12.7. The van der Waals surface area contributed by atoms with E-state index >= 15 is 0 Å². The van der Waals surface area contributed by atoms with Gasteiger partial charge in [0, 0.05) is 34.3 Å². The van der Waals surface area contributed by atoms with Crippen molar-refractivity contribution in [2.75, 3.05) is 6.79 Å². The van der Waals surface area contributed by atoms with Crippen molar-refractivity contribution in [3.8, 4) is 22.8 Å². The number of aromatic nitrogens is 3. The molecule has 1 N–H and O–H groups in total. The van der Waals surface area contributed by atoms with Crippen LogP contribution < -0.4 is 15.0 Å². The van der Waals surface area contributed by atoms with Crippen LogP contribution in [-0.4, -0.2) is 21.4 Å². The predicted octanol–water partition coefficient (Wildman–Crippen LogP) is 3.97. The number of rotatable bonds is 3. The molecule has 28 heavy (non-hydrogen) atoms. The quantitative estimate of drug-likeness (QED) is 0.571. The van der Waals surface area contributed by atoms with Crippen molar-refractivity contribution >= 4 is 17.2 Å². The van der Waals surface area contributed by atoms with Gasteiger partial charge in [-0.05, 0) is 42.8 Å². The Labute approximate surface area is 165 Å². The van der Waals surface area contributed by atoms with Gasteiger partial charge < -0.3 is 9.47 Å². The van der Waals surface area contributed by atoms with Gasteiger partial charge in [-0.1, -0.05) is 23.7 Å². The highest BCUT2D eigenvalue weighted by atomic mass is 35.5. The maximum absolute atomic E-state index is 12.7. The molecule has 140 valence electrons. The van der Waals surface area contributed by atoms with Gasteiger partial charge in [-0.3, -0.25) is 9.89 Å². The standard InChI is InChI=1S/C21H16ClN3O3/c1-12-16(8-13-3-2-4-15(22)7-13)21-23-17(10-20(26)25(21)24-12)14-5-6-18-19(9-14)28-11-27-18/h2-7,9-10,24H,8,11H2,1H3. The van der Waals surface area contributed by atoms with Crippen molar-refractivity contribution in [3.63, 3.8) is 0 Å². The number of hydrogen-bond acceptors (Lipinski definition) is 4. The topological polar surface area (TPSA) is 68.6 Å². The van der Waals surface area contributed by atoms with E-state index in [1.54, 1.807) is 0 Å². The minimum Gasteiger partial charge on any atom is -0.454 e. The molecule has 0 bridgehead atoms. The van der Waals surface area contributed by atoms with Gasteiger partial charge in [0.05, 0.1) is 5.69 Å². The van der Waals surface area contributed by atoms with Gasteiger partial charge in [-0.2, -0.15) is 0 Å². The number of aromatic amines is 1. The molecule has 1 aliphatic heterocycles. The van der Waals surface area contributed by atoms with Crippen LogP contribution in [0.4, 0.5) is 0 Å². The first-order chi connectivity index (χ1) is 13.6. The van der Waals surface area contributed by atoms with Crippen molar-refractivity contribution in [3.05, 3.63) is 80.7 Å². The number of ether oxygens (including phenoxy) is 2. The molecule has 0 spiro atoms. The minimum atomic E-state index is -0.168. The van der Waals surface area contributed by atoms with Crippen LogP contribution in [0.15, 0.2) is 53.3 Å². The van der Waals surface area contributed by atoms with Gasteiger partial charge in [0.25, 0.3) is 5.56 Å². The van der Waals surface area contributed by atoms with Crippen molar-refractivity contribution < 1.29 is 9.47 Å². The summed E-state index contributed by atoms with van der Waals surface area (Å²) in [6, 6.07) is 14.8. The molecular formula is C21H16ClN3O3. The molecule has 6 nitrogen and oxygen atoms in total. The zero-order chi connectivity index (χ0) is 19.3. The SMILES string of the molecule is Cc1[nH]n2c(=O)cc(-c3ccc4c(c3)OCO4)nc2c1Cc1cccc(Cl)c1. The van der Waals surface area contributed by atoms with Crippen LogP contribution in [-0.2, 0) is 6.42 Å². The van der Waals surface area contributed by atoms with E-state index in [2.05, 4.69) is 5.10 Å². The second-order valence-corrected chi connectivity index (χ2v) is 7.17. The average molecular weight is 394 g/mol. The Kier molecular flexibility index (Phi) is 3.87. The van der Waals surface area contributed by atoms with Crippen LogP contribution in [0.2, 0.25) is 5.02 Å². The summed E-state index contributed by atoms with van der Waals surface area (Å²) >= 11 is 6.12. The third kappa shape index (κ3) is 2.82. The van der Waals surface area contributed by atoms with E-state index in [0.717, 1.165) is 22.4 Å². The predicted molar refractivity (Wildman–Crippen MR) is 106 cm³/mol. The van der Waals surface area contributed by atoms with Crippen LogP contribution in [0, 0.1) is 6.92 Å². The van der Waals surface area contributed by atoms with Gasteiger partial charge in [0.2, 0.25) is 6.79 Å². The number of H-pyrrole nitrogens is 1. The number of aryl methyl sites for hydroxylation is 1. The fraction of sp³-hybridized carbons (Fsp3) is 0.143. The van der Waals surface area contributed by atoms with Crippen LogP contribution in [0.25, 0.3) is 16.9 Å². The summed E-state index contributed by atoms with van der Waals surface area (Å²) in [5.74, 6) is 1.35. The molecular weight excluding hydrogens is 378 g/mol. The molecule has 0 fully saturated rings. The fourth-order valence-electron chi connectivity index (χ4n) is 3.46. The Hall–Kier alpha value is -3.25. The van der Waals surface area contributed by atoms with E-state index in [9.17, 15) is 4.79 Å². The lowest BCUT2D eigenvalue weighted by atomic mass is 10.1. The first kappa shape index (κ1) is 16.9. The third-order valence-electron chi connectivity index (χ3n) is 4.86. The molecule has 2 aromatic carbocycles. The van der Waals surface area contributed by atoms with E-state index in [0.29, 0.717) is 34.3 Å². The summed E-state index contributed by atoms with van der Waals surface area (Å²) in [4.78, 5) is 17.5. The molecule has 0 radical (unpaired) electrons. The van der Waals surface area contributed by atoms with Gasteiger partial charge in [0.15, 0.2) is 17.1 Å². The summed E-state index contributed by atoms with van der Waals surface area (Å²) in [5, 5.41) is 3.80. The third-order valence-corrected chi connectivity index (χ3v) is 5.09. The number of nitrogens with one attached hydrogen (secondary N) is 1.